The fraction of sp³-hybridized carbons (Fsp3) is 0.923. The molecule has 2 aliphatic rings. The Balaban J connectivity index is 1.68. The van der Waals surface area contributed by atoms with Gasteiger partial charge in [-0.15, -0.1) is 0 Å². The van der Waals surface area contributed by atoms with Crippen molar-refractivity contribution in [2.45, 2.75) is 32.7 Å². The van der Waals surface area contributed by atoms with Crippen LogP contribution in [0.3, 0.4) is 0 Å². The second kappa shape index (κ2) is 5.83. The maximum Gasteiger partial charge on any atom is 0.236 e. The van der Waals surface area contributed by atoms with Gasteiger partial charge in [-0.3, -0.25) is 9.69 Å². The topological polar surface area (TPSA) is 35.6 Å². The number of nitrogens with zero attached hydrogens (tertiary/aromatic N) is 2. The van der Waals surface area contributed by atoms with Crippen LogP contribution in [0.4, 0.5) is 0 Å². The van der Waals surface area contributed by atoms with Crippen molar-refractivity contribution in [2.75, 3.05) is 39.3 Å². The summed E-state index contributed by atoms with van der Waals surface area (Å²) >= 11 is 0. The summed E-state index contributed by atoms with van der Waals surface area (Å²) in [6.45, 7) is 9.83. The van der Waals surface area contributed by atoms with Crippen molar-refractivity contribution in [3.05, 3.63) is 0 Å². The Morgan fingerprint density at radius 1 is 1.35 bits per heavy atom. The molecule has 1 amide bonds. The average Bonchev–Trinajstić information content (AvgIpc) is 3.13. The normalized spacial score (nSPS) is 26.2. The van der Waals surface area contributed by atoms with Crippen LogP contribution in [0.15, 0.2) is 0 Å². The van der Waals surface area contributed by atoms with Crippen molar-refractivity contribution in [3.63, 3.8) is 0 Å². The molecule has 4 nitrogen and oxygen atoms in total. The van der Waals surface area contributed by atoms with E-state index in [9.17, 15) is 4.79 Å². The summed E-state index contributed by atoms with van der Waals surface area (Å²) in [5.74, 6) is 1.12. The SMILES string of the molecule is CCN1CCN(C(=O)CNCC2CC2)CC1C. The molecule has 2 fully saturated rings. The van der Waals surface area contributed by atoms with Crippen molar-refractivity contribution in [2.24, 2.45) is 5.92 Å². The van der Waals surface area contributed by atoms with Gasteiger partial charge in [-0.05, 0) is 38.8 Å². The minimum absolute atomic E-state index is 0.272. The molecule has 4 heteroatoms. The van der Waals surface area contributed by atoms with E-state index in [4.69, 9.17) is 0 Å². The third kappa shape index (κ3) is 3.68. The molecule has 1 aliphatic heterocycles. The number of nitrogens with one attached hydrogen (secondary N) is 1. The average molecular weight is 239 g/mol. The smallest absolute Gasteiger partial charge is 0.236 e. The first-order valence-corrected chi connectivity index (χ1v) is 6.93. The molecule has 0 radical (unpaired) electrons. The van der Waals surface area contributed by atoms with E-state index in [1.54, 1.807) is 0 Å². The summed E-state index contributed by atoms with van der Waals surface area (Å²) in [5, 5.41) is 3.28. The van der Waals surface area contributed by atoms with Crippen LogP contribution in [0.25, 0.3) is 0 Å². The Hall–Kier alpha value is -0.610. The molecule has 0 bridgehead atoms. The van der Waals surface area contributed by atoms with Gasteiger partial charge < -0.3 is 10.2 Å². The second-order valence-electron chi connectivity index (χ2n) is 5.39. The zero-order valence-electron chi connectivity index (χ0n) is 11.1. The lowest BCUT2D eigenvalue weighted by Gasteiger charge is -2.39. The molecule has 1 unspecified atom stereocenters. The van der Waals surface area contributed by atoms with Crippen LogP contribution in [0.2, 0.25) is 0 Å². The molecule has 17 heavy (non-hydrogen) atoms. The quantitative estimate of drug-likeness (QED) is 0.760. The van der Waals surface area contributed by atoms with Crippen molar-refractivity contribution < 1.29 is 4.79 Å². The van der Waals surface area contributed by atoms with E-state index in [0.717, 1.165) is 38.6 Å². The van der Waals surface area contributed by atoms with Gasteiger partial charge in [-0.1, -0.05) is 6.92 Å². The molecular weight excluding hydrogens is 214 g/mol. The minimum Gasteiger partial charge on any atom is -0.339 e. The molecule has 98 valence electrons. The number of hydrogen-bond acceptors (Lipinski definition) is 3. The van der Waals surface area contributed by atoms with E-state index in [2.05, 4.69) is 24.1 Å². The highest BCUT2D eigenvalue weighted by molar-refractivity contribution is 5.78. The number of hydrogen-bond donors (Lipinski definition) is 1. The Morgan fingerprint density at radius 2 is 2.12 bits per heavy atom. The van der Waals surface area contributed by atoms with Crippen LogP contribution in [0.5, 0.6) is 0 Å². The lowest BCUT2D eigenvalue weighted by molar-refractivity contribution is -0.133. The maximum absolute atomic E-state index is 12.0. The number of rotatable bonds is 5. The second-order valence-corrected chi connectivity index (χ2v) is 5.39. The van der Waals surface area contributed by atoms with Gasteiger partial charge in [-0.2, -0.15) is 0 Å². The monoisotopic (exact) mass is 239 g/mol. The summed E-state index contributed by atoms with van der Waals surface area (Å²) < 4.78 is 0. The summed E-state index contributed by atoms with van der Waals surface area (Å²) in [4.78, 5) is 16.4. The molecular formula is C13H25N3O. The molecule has 1 N–H and O–H groups in total. The van der Waals surface area contributed by atoms with Gasteiger partial charge in [0.25, 0.3) is 0 Å². The maximum atomic E-state index is 12.0. The van der Waals surface area contributed by atoms with E-state index in [-0.39, 0.29) is 5.91 Å². The predicted molar refractivity (Wildman–Crippen MR) is 68.9 cm³/mol. The zero-order chi connectivity index (χ0) is 12.3. The van der Waals surface area contributed by atoms with Crippen LogP contribution in [-0.2, 0) is 4.79 Å². The molecule has 0 aromatic rings. The first-order valence-electron chi connectivity index (χ1n) is 6.93. The van der Waals surface area contributed by atoms with Gasteiger partial charge in [-0.25, -0.2) is 0 Å². The lowest BCUT2D eigenvalue weighted by atomic mass is 10.2. The van der Waals surface area contributed by atoms with Gasteiger partial charge in [0.05, 0.1) is 6.54 Å². The molecule has 2 rings (SSSR count). The molecule has 1 saturated heterocycles. The minimum atomic E-state index is 0.272. The van der Waals surface area contributed by atoms with E-state index < -0.39 is 0 Å². The Kier molecular flexibility index (Phi) is 4.40. The Labute approximate surface area is 104 Å². The van der Waals surface area contributed by atoms with Crippen LogP contribution in [0.1, 0.15) is 26.7 Å². The van der Waals surface area contributed by atoms with Crippen molar-refractivity contribution in [1.29, 1.82) is 0 Å². The third-order valence-corrected chi connectivity index (χ3v) is 3.93. The van der Waals surface area contributed by atoms with E-state index in [0.29, 0.717) is 12.6 Å². The largest absolute Gasteiger partial charge is 0.339 e. The van der Waals surface area contributed by atoms with Crippen LogP contribution in [-0.4, -0.2) is 61.0 Å². The molecule has 1 saturated carbocycles. The van der Waals surface area contributed by atoms with Crippen LogP contribution >= 0.6 is 0 Å². The summed E-state index contributed by atoms with van der Waals surface area (Å²) in [6.07, 6.45) is 2.68. The summed E-state index contributed by atoms with van der Waals surface area (Å²) in [6, 6.07) is 0.501. The van der Waals surface area contributed by atoms with Crippen molar-refractivity contribution in [1.82, 2.24) is 15.1 Å². The fourth-order valence-electron chi connectivity index (χ4n) is 2.51. The lowest BCUT2D eigenvalue weighted by Crippen LogP contribution is -2.54. The Morgan fingerprint density at radius 3 is 2.71 bits per heavy atom. The predicted octanol–water partition coefficient (Wildman–Crippen LogP) is 0.539. The van der Waals surface area contributed by atoms with Crippen molar-refractivity contribution in [3.8, 4) is 0 Å². The van der Waals surface area contributed by atoms with E-state index >= 15 is 0 Å². The first-order chi connectivity index (χ1) is 8.20. The van der Waals surface area contributed by atoms with E-state index in [1.807, 2.05) is 4.90 Å². The first kappa shape index (κ1) is 12.8. The molecule has 0 aromatic heterocycles. The van der Waals surface area contributed by atoms with Gasteiger partial charge in [0, 0.05) is 25.7 Å². The molecule has 0 aromatic carbocycles. The molecule has 1 heterocycles. The number of carbonyl (C=O) groups excluding carboxylic acids is 1. The highest BCUT2D eigenvalue weighted by Crippen LogP contribution is 2.27. The third-order valence-electron chi connectivity index (χ3n) is 3.93. The number of amides is 1. The number of likely N-dealkylation sites (N-methyl/N-ethyl adjacent to an activating group) is 1. The number of piperazine rings is 1. The van der Waals surface area contributed by atoms with Crippen LogP contribution in [0, 0.1) is 5.92 Å². The van der Waals surface area contributed by atoms with Gasteiger partial charge in [0.2, 0.25) is 5.91 Å². The van der Waals surface area contributed by atoms with Gasteiger partial charge in [0.1, 0.15) is 0 Å². The zero-order valence-corrected chi connectivity index (χ0v) is 11.1. The Bertz CT molecular complexity index is 265. The highest BCUT2D eigenvalue weighted by Gasteiger charge is 2.26. The van der Waals surface area contributed by atoms with E-state index in [1.165, 1.54) is 12.8 Å². The highest BCUT2D eigenvalue weighted by atomic mass is 16.2. The van der Waals surface area contributed by atoms with Gasteiger partial charge in [0.15, 0.2) is 0 Å². The fourth-order valence-corrected chi connectivity index (χ4v) is 2.51. The molecule has 1 atom stereocenters. The standard InChI is InChI=1S/C13H25N3O/c1-3-15-6-7-16(10-11(15)2)13(17)9-14-8-12-4-5-12/h11-12,14H,3-10H2,1-2H3. The number of carbonyl (C=O) groups is 1. The summed E-state index contributed by atoms with van der Waals surface area (Å²) in [5.41, 5.74) is 0. The summed E-state index contributed by atoms with van der Waals surface area (Å²) in [7, 11) is 0. The van der Waals surface area contributed by atoms with Crippen LogP contribution < -0.4 is 5.32 Å². The van der Waals surface area contributed by atoms with Crippen molar-refractivity contribution >= 4 is 5.91 Å². The molecule has 0 spiro atoms. The van der Waals surface area contributed by atoms with Gasteiger partial charge >= 0.3 is 0 Å². The molecule has 1 aliphatic carbocycles.